The van der Waals surface area contributed by atoms with Gasteiger partial charge in [0.2, 0.25) is 0 Å². The molecule has 2 aromatic carbocycles. The van der Waals surface area contributed by atoms with Crippen molar-refractivity contribution in [3.63, 3.8) is 0 Å². The molecule has 3 nitrogen and oxygen atoms in total. The van der Waals surface area contributed by atoms with Crippen molar-refractivity contribution in [2.45, 2.75) is 12.6 Å². The van der Waals surface area contributed by atoms with E-state index in [4.69, 9.17) is 0 Å². The number of nitrogens with zero attached hydrogens (tertiary/aromatic N) is 1. The van der Waals surface area contributed by atoms with Crippen LogP contribution in [0.5, 0.6) is 0 Å². The normalized spacial score (nSPS) is 13.9. The maximum Gasteiger partial charge on any atom is 0.418 e. The van der Waals surface area contributed by atoms with E-state index in [-0.39, 0.29) is 5.69 Å². The maximum atomic E-state index is 13.0. The number of anilines is 2. The van der Waals surface area contributed by atoms with Crippen LogP contribution >= 0.6 is 0 Å². The number of carbonyl (C=O) groups excluding carboxylic acids is 1. The number of para-hydroxylation sites is 2. The molecule has 114 valence electrons. The van der Waals surface area contributed by atoms with E-state index in [0.717, 1.165) is 17.3 Å². The van der Waals surface area contributed by atoms with Crippen molar-refractivity contribution < 1.29 is 18.0 Å². The summed E-state index contributed by atoms with van der Waals surface area (Å²) in [5.41, 5.74) is 0.673. The molecule has 2 amide bonds. The molecule has 0 aliphatic carbocycles. The first-order valence-corrected chi connectivity index (χ1v) is 6.79. The van der Waals surface area contributed by atoms with E-state index in [2.05, 4.69) is 5.32 Å². The van der Waals surface area contributed by atoms with Gasteiger partial charge >= 0.3 is 12.2 Å². The second kappa shape index (κ2) is 5.36. The van der Waals surface area contributed by atoms with Gasteiger partial charge < -0.3 is 5.32 Å². The third-order valence-electron chi connectivity index (χ3n) is 3.61. The van der Waals surface area contributed by atoms with Crippen LogP contribution in [0.1, 0.15) is 11.1 Å². The molecular formula is C16H13F3N2O. The molecule has 1 heterocycles. The van der Waals surface area contributed by atoms with Gasteiger partial charge in [-0.3, -0.25) is 4.90 Å². The number of hydrogen-bond acceptors (Lipinski definition) is 1. The Labute approximate surface area is 125 Å². The number of halogens is 3. The van der Waals surface area contributed by atoms with Crippen LogP contribution in [0.25, 0.3) is 0 Å². The number of nitrogens with one attached hydrogen (secondary N) is 1. The minimum Gasteiger partial charge on any atom is -0.307 e. The summed E-state index contributed by atoms with van der Waals surface area (Å²) in [5.74, 6) is 0. The highest BCUT2D eigenvalue weighted by Crippen LogP contribution is 2.35. The van der Waals surface area contributed by atoms with E-state index in [0.29, 0.717) is 13.0 Å². The highest BCUT2D eigenvalue weighted by Gasteiger charge is 2.34. The Bertz CT molecular complexity index is 713. The van der Waals surface area contributed by atoms with Crippen molar-refractivity contribution in [2.24, 2.45) is 0 Å². The molecule has 0 unspecified atom stereocenters. The average Bonchev–Trinajstić information content (AvgIpc) is 2.90. The number of benzene rings is 2. The maximum absolute atomic E-state index is 13.0. The zero-order valence-electron chi connectivity index (χ0n) is 11.5. The van der Waals surface area contributed by atoms with Crippen molar-refractivity contribution in [1.82, 2.24) is 0 Å². The molecule has 0 atom stereocenters. The fourth-order valence-electron chi connectivity index (χ4n) is 2.57. The van der Waals surface area contributed by atoms with Crippen LogP contribution in [-0.4, -0.2) is 12.6 Å². The van der Waals surface area contributed by atoms with Crippen LogP contribution in [0.2, 0.25) is 0 Å². The SMILES string of the molecule is O=C(Nc1ccccc1C(F)(F)F)N1CCc2ccccc21. The first-order valence-electron chi connectivity index (χ1n) is 6.79. The smallest absolute Gasteiger partial charge is 0.307 e. The van der Waals surface area contributed by atoms with Crippen molar-refractivity contribution in [3.05, 3.63) is 59.7 Å². The Morgan fingerprint density at radius 1 is 1.05 bits per heavy atom. The number of carbonyl (C=O) groups is 1. The summed E-state index contributed by atoms with van der Waals surface area (Å²) >= 11 is 0. The number of rotatable bonds is 1. The standard InChI is InChI=1S/C16H13F3N2O/c17-16(18,19)12-6-2-3-7-13(12)20-15(22)21-10-9-11-5-1-4-8-14(11)21/h1-8H,9-10H2,(H,20,22). The highest BCUT2D eigenvalue weighted by atomic mass is 19.4. The molecule has 6 heteroatoms. The Balaban J connectivity index is 1.85. The van der Waals surface area contributed by atoms with E-state index in [1.165, 1.54) is 23.1 Å². The first-order chi connectivity index (χ1) is 10.5. The zero-order chi connectivity index (χ0) is 15.7. The zero-order valence-corrected chi connectivity index (χ0v) is 11.5. The molecule has 1 aliphatic rings. The Kier molecular flexibility index (Phi) is 3.52. The number of amides is 2. The fraction of sp³-hybridized carbons (Fsp3) is 0.188. The van der Waals surface area contributed by atoms with Crippen LogP contribution in [0, 0.1) is 0 Å². The van der Waals surface area contributed by atoms with Crippen LogP contribution in [-0.2, 0) is 12.6 Å². The Morgan fingerprint density at radius 2 is 1.73 bits per heavy atom. The lowest BCUT2D eigenvalue weighted by Crippen LogP contribution is -2.34. The molecule has 0 saturated carbocycles. The lowest BCUT2D eigenvalue weighted by molar-refractivity contribution is -0.136. The van der Waals surface area contributed by atoms with Gasteiger partial charge in [-0.1, -0.05) is 30.3 Å². The number of hydrogen-bond donors (Lipinski definition) is 1. The number of urea groups is 1. The number of alkyl halides is 3. The van der Waals surface area contributed by atoms with Crippen LogP contribution in [0.15, 0.2) is 48.5 Å². The molecule has 0 bridgehead atoms. The molecule has 2 aromatic rings. The minimum absolute atomic E-state index is 0.232. The molecule has 3 rings (SSSR count). The second-order valence-corrected chi connectivity index (χ2v) is 5.00. The summed E-state index contributed by atoms with van der Waals surface area (Å²) in [5, 5.41) is 2.37. The van der Waals surface area contributed by atoms with Gasteiger partial charge in [0.25, 0.3) is 0 Å². The van der Waals surface area contributed by atoms with Gasteiger partial charge in [-0.2, -0.15) is 13.2 Å². The van der Waals surface area contributed by atoms with E-state index in [9.17, 15) is 18.0 Å². The van der Waals surface area contributed by atoms with Crippen LogP contribution in [0.3, 0.4) is 0 Å². The fourth-order valence-corrected chi connectivity index (χ4v) is 2.57. The average molecular weight is 306 g/mol. The summed E-state index contributed by atoms with van der Waals surface area (Å²) in [4.78, 5) is 13.8. The largest absolute Gasteiger partial charge is 0.418 e. The van der Waals surface area contributed by atoms with Gasteiger partial charge in [0.15, 0.2) is 0 Å². The third kappa shape index (κ3) is 2.64. The molecule has 0 saturated heterocycles. The molecule has 0 fully saturated rings. The topological polar surface area (TPSA) is 32.3 Å². The Morgan fingerprint density at radius 3 is 2.50 bits per heavy atom. The second-order valence-electron chi connectivity index (χ2n) is 5.00. The van der Waals surface area contributed by atoms with Crippen LogP contribution in [0.4, 0.5) is 29.3 Å². The molecule has 1 aliphatic heterocycles. The predicted molar refractivity (Wildman–Crippen MR) is 78.0 cm³/mol. The Hall–Kier alpha value is -2.50. The predicted octanol–water partition coefficient (Wildman–Crippen LogP) is 4.30. The quantitative estimate of drug-likeness (QED) is 0.837. The highest BCUT2D eigenvalue weighted by molar-refractivity contribution is 6.03. The summed E-state index contributed by atoms with van der Waals surface area (Å²) < 4.78 is 38.9. The molecular weight excluding hydrogens is 293 g/mol. The van der Waals surface area contributed by atoms with Gasteiger partial charge in [-0.15, -0.1) is 0 Å². The van der Waals surface area contributed by atoms with E-state index >= 15 is 0 Å². The van der Waals surface area contributed by atoms with Crippen LogP contribution < -0.4 is 10.2 Å². The summed E-state index contributed by atoms with van der Waals surface area (Å²) in [7, 11) is 0. The van der Waals surface area contributed by atoms with Crippen molar-refractivity contribution >= 4 is 17.4 Å². The molecule has 0 radical (unpaired) electrons. The van der Waals surface area contributed by atoms with Gasteiger partial charge in [0, 0.05) is 12.2 Å². The number of fused-ring (bicyclic) bond motifs is 1. The third-order valence-corrected chi connectivity index (χ3v) is 3.61. The van der Waals surface area contributed by atoms with Gasteiger partial charge in [-0.25, -0.2) is 4.79 Å². The monoisotopic (exact) mass is 306 g/mol. The van der Waals surface area contributed by atoms with E-state index < -0.39 is 17.8 Å². The molecule has 0 spiro atoms. The first kappa shape index (κ1) is 14.4. The summed E-state index contributed by atoms with van der Waals surface area (Å²) in [6.45, 7) is 0.458. The minimum atomic E-state index is -4.51. The molecule has 22 heavy (non-hydrogen) atoms. The van der Waals surface area contributed by atoms with Gasteiger partial charge in [-0.05, 0) is 30.2 Å². The van der Waals surface area contributed by atoms with Gasteiger partial charge in [0.05, 0.1) is 11.3 Å². The summed E-state index contributed by atoms with van der Waals surface area (Å²) in [6, 6.07) is 11.8. The van der Waals surface area contributed by atoms with E-state index in [1.54, 1.807) is 12.1 Å². The van der Waals surface area contributed by atoms with Gasteiger partial charge in [0.1, 0.15) is 0 Å². The van der Waals surface area contributed by atoms with Crippen molar-refractivity contribution in [2.75, 3.05) is 16.8 Å². The summed E-state index contributed by atoms with van der Waals surface area (Å²) in [6.07, 6.45) is -3.81. The lowest BCUT2D eigenvalue weighted by atomic mass is 10.1. The van der Waals surface area contributed by atoms with Crippen molar-refractivity contribution in [1.29, 1.82) is 0 Å². The van der Waals surface area contributed by atoms with E-state index in [1.807, 2.05) is 12.1 Å². The molecule has 1 N–H and O–H groups in total. The lowest BCUT2D eigenvalue weighted by Gasteiger charge is -2.20. The van der Waals surface area contributed by atoms with Crippen molar-refractivity contribution in [3.8, 4) is 0 Å². The molecule has 0 aromatic heterocycles.